The quantitative estimate of drug-likeness (QED) is 0.385. The van der Waals surface area contributed by atoms with Crippen molar-refractivity contribution in [2.45, 2.75) is 31.8 Å². The number of nitrogens with two attached hydrogens (primary N) is 1. The first-order valence-corrected chi connectivity index (χ1v) is 11.4. The Morgan fingerprint density at radius 1 is 1.00 bits per heavy atom. The maximum absolute atomic E-state index is 13.2. The van der Waals surface area contributed by atoms with E-state index in [1.54, 1.807) is 41.8 Å². The maximum atomic E-state index is 13.2. The normalized spacial score (nSPS) is 13.9. The van der Waals surface area contributed by atoms with Gasteiger partial charge in [0.15, 0.2) is 6.17 Å². The lowest BCUT2D eigenvalue weighted by atomic mass is 9.95. The number of benzene rings is 1. The molecule has 30 heavy (non-hydrogen) atoms. The number of hydrogen-bond acceptors (Lipinski definition) is 6. The van der Waals surface area contributed by atoms with Crippen molar-refractivity contribution in [3.05, 3.63) is 74.3 Å². The molecule has 0 bridgehead atoms. The average molecular weight is 440 g/mol. The highest BCUT2D eigenvalue weighted by Crippen LogP contribution is 2.38. The van der Waals surface area contributed by atoms with Crippen molar-refractivity contribution in [2.24, 2.45) is 5.73 Å². The van der Waals surface area contributed by atoms with E-state index in [9.17, 15) is 14.4 Å². The molecule has 0 spiro atoms. The number of hydrogen-bond donors (Lipinski definition) is 3. The van der Waals surface area contributed by atoms with Crippen molar-refractivity contribution in [1.82, 2.24) is 5.32 Å². The summed E-state index contributed by atoms with van der Waals surface area (Å²) < 4.78 is 0. The number of ketones is 1. The minimum atomic E-state index is -1.03. The SMILES string of the molecule is NC(=O)c1c(N[C@@H](NC(=O)c2cccs2)C(=O)c2ccccc2)sc2c1CCCC2. The van der Waals surface area contributed by atoms with Crippen LogP contribution < -0.4 is 16.4 Å². The van der Waals surface area contributed by atoms with Gasteiger partial charge in [-0.15, -0.1) is 22.7 Å². The van der Waals surface area contributed by atoms with Crippen LogP contribution in [0.2, 0.25) is 0 Å². The van der Waals surface area contributed by atoms with Crippen LogP contribution in [-0.2, 0) is 12.8 Å². The van der Waals surface area contributed by atoms with Gasteiger partial charge in [-0.05, 0) is 42.7 Å². The van der Waals surface area contributed by atoms with E-state index in [0.29, 0.717) is 21.0 Å². The molecular weight excluding hydrogens is 418 g/mol. The lowest BCUT2D eigenvalue weighted by Gasteiger charge is -2.20. The average Bonchev–Trinajstić information content (AvgIpc) is 3.41. The third kappa shape index (κ3) is 4.15. The highest BCUT2D eigenvalue weighted by molar-refractivity contribution is 7.16. The molecule has 4 N–H and O–H groups in total. The third-order valence-electron chi connectivity index (χ3n) is 5.03. The molecule has 0 unspecified atom stereocenters. The molecule has 1 aliphatic rings. The summed E-state index contributed by atoms with van der Waals surface area (Å²) >= 11 is 2.74. The van der Waals surface area contributed by atoms with Crippen LogP contribution in [0.1, 0.15) is 53.7 Å². The molecule has 2 aromatic heterocycles. The van der Waals surface area contributed by atoms with Crippen LogP contribution in [0.25, 0.3) is 0 Å². The zero-order valence-electron chi connectivity index (χ0n) is 16.1. The number of Topliss-reactive ketones (excluding diaryl/α,β-unsaturated/α-hetero) is 1. The molecule has 1 atom stereocenters. The van der Waals surface area contributed by atoms with Gasteiger partial charge in [0.25, 0.3) is 11.8 Å². The van der Waals surface area contributed by atoms with Gasteiger partial charge in [-0.3, -0.25) is 14.4 Å². The van der Waals surface area contributed by atoms with Crippen LogP contribution >= 0.6 is 22.7 Å². The lowest BCUT2D eigenvalue weighted by Crippen LogP contribution is -2.46. The number of carbonyl (C=O) groups is 3. The van der Waals surface area contributed by atoms with Gasteiger partial charge in [0.05, 0.1) is 10.4 Å². The van der Waals surface area contributed by atoms with Crippen LogP contribution in [-0.4, -0.2) is 23.8 Å². The van der Waals surface area contributed by atoms with E-state index in [-0.39, 0.29) is 11.7 Å². The van der Waals surface area contributed by atoms with E-state index in [4.69, 9.17) is 5.73 Å². The van der Waals surface area contributed by atoms with Gasteiger partial charge >= 0.3 is 0 Å². The second-order valence-corrected chi connectivity index (χ2v) is 9.09. The summed E-state index contributed by atoms with van der Waals surface area (Å²) in [5.41, 5.74) is 7.55. The van der Waals surface area contributed by atoms with Gasteiger partial charge in [0.1, 0.15) is 5.00 Å². The molecule has 8 heteroatoms. The maximum Gasteiger partial charge on any atom is 0.263 e. The van der Waals surface area contributed by atoms with Crippen LogP contribution in [0.15, 0.2) is 47.8 Å². The Hall–Kier alpha value is -2.97. The minimum Gasteiger partial charge on any atom is -0.365 e. The molecule has 6 nitrogen and oxygen atoms in total. The van der Waals surface area contributed by atoms with Crippen LogP contribution in [0, 0.1) is 0 Å². The van der Waals surface area contributed by atoms with E-state index in [1.807, 2.05) is 6.07 Å². The predicted octanol–water partition coefficient (Wildman–Crippen LogP) is 3.84. The van der Waals surface area contributed by atoms with E-state index in [0.717, 1.165) is 36.1 Å². The molecule has 2 amide bonds. The Morgan fingerprint density at radius 2 is 1.77 bits per heavy atom. The van der Waals surface area contributed by atoms with Gasteiger partial charge in [-0.1, -0.05) is 36.4 Å². The predicted molar refractivity (Wildman–Crippen MR) is 119 cm³/mol. The van der Waals surface area contributed by atoms with Crippen molar-refractivity contribution in [1.29, 1.82) is 0 Å². The highest BCUT2D eigenvalue weighted by Gasteiger charge is 2.29. The molecule has 1 aliphatic carbocycles. The standard InChI is InChI=1S/C22H21N3O3S2/c23-19(27)17-14-9-4-5-10-15(14)30-22(17)25-20(18(26)13-7-2-1-3-8-13)24-21(28)16-11-6-12-29-16/h1-3,6-8,11-12,20,25H,4-5,9-10H2,(H2,23,27)(H,24,28)/t20-/m1/s1. The Kier molecular flexibility index (Phi) is 5.96. The van der Waals surface area contributed by atoms with Gasteiger partial charge in [0.2, 0.25) is 5.78 Å². The van der Waals surface area contributed by atoms with Crippen LogP contribution in [0.4, 0.5) is 5.00 Å². The molecule has 0 saturated carbocycles. The highest BCUT2D eigenvalue weighted by atomic mass is 32.1. The number of nitrogens with one attached hydrogen (secondary N) is 2. The molecule has 0 saturated heterocycles. The van der Waals surface area contributed by atoms with Crippen molar-refractivity contribution >= 4 is 45.3 Å². The van der Waals surface area contributed by atoms with Gasteiger partial charge in [-0.2, -0.15) is 0 Å². The number of thiophene rings is 2. The second-order valence-electron chi connectivity index (χ2n) is 7.04. The van der Waals surface area contributed by atoms with E-state index >= 15 is 0 Å². The number of carbonyl (C=O) groups excluding carboxylic acids is 3. The molecule has 3 aromatic rings. The van der Waals surface area contributed by atoms with Crippen molar-refractivity contribution < 1.29 is 14.4 Å². The largest absolute Gasteiger partial charge is 0.365 e. The van der Waals surface area contributed by atoms with Crippen molar-refractivity contribution in [3.63, 3.8) is 0 Å². The summed E-state index contributed by atoms with van der Waals surface area (Å²) in [6.45, 7) is 0. The fourth-order valence-corrected chi connectivity index (χ4v) is 5.56. The number of fused-ring (bicyclic) bond motifs is 1. The summed E-state index contributed by atoms with van der Waals surface area (Å²) in [6.07, 6.45) is 2.73. The minimum absolute atomic E-state index is 0.290. The Bertz CT molecular complexity index is 1070. The second kappa shape index (κ2) is 8.81. The molecule has 0 radical (unpaired) electrons. The smallest absolute Gasteiger partial charge is 0.263 e. The molecule has 0 fully saturated rings. The van der Waals surface area contributed by atoms with Crippen LogP contribution in [0.3, 0.4) is 0 Å². The van der Waals surface area contributed by atoms with Gasteiger partial charge in [0, 0.05) is 10.4 Å². The van der Waals surface area contributed by atoms with Crippen LogP contribution in [0.5, 0.6) is 0 Å². The number of anilines is 1. The Morgan fingerprint density at radius 3 is 2.47 bits per heavy atom. The van der Waals surface area contributed by atoms with E-state index in [1.165, 1.54) is 22.7 Å². The molecule has 154 valence electrons. The number of rotatable bonds is 7. The Labute approximate surface area is 182 Å². The zero-order chi connectivity index (χ0) is 21.1. The first-order chi connectivity index (χ1) is 14.5. The lowest BCUT2D eigenvalue weighted by molar-refractivity contribution is 0.0872. The fourth-order valence-electron chi connectivity index (χ4n) is 3.61. The zero-order valence-corrected chi connectivity index (χ0v) is 17.8. The third-order valence-corrected chi connectivity index (χ3v) is 7.13. The summed E-state index contributed by atoms with van der Waals surface area (Å²) in [5, 5.41) is 8.23. The van der Waals surface area contributed by atoms with Crippen molar-refractivity contribution in [2.75, 3.05) is 5.32 Å². The molecule has 0 aliphatic heterocycles. The van der Waals surface area contributed by atoms with Gasteiger partial charge in [-0.25, -0.2) is 0 Å². The topological polar surface area (TPSA) is 101 Å². The molecule has 1 aromatic carbocycles. The van der Waals surface area contributed by atoms with Crippen molar-refractivity contribution in [3.8, 4) is 0 Å². The number of aryl methyl sites for hydroxylation is 1. The van der Waals surface area contributed by atoms with E-state index in [2.05, 4.69) is 10.6 Å². The first kappa shape index (κ1) is 20.3. The molecule has 2 heterocycles. The van der Waals surface area contributed by atoms with E-state index < -0.39 is 12.1 Å². The molecular formula is C22H21N3O3S2. The number of amides is 2. The number of primary amides is 1. The summed E-state index contributed by atoms with van der Waals surface area (Å²) in [7, 11) is 0. The first-order valence-electron chi connectivity index (χ1n) is 9.69. The summed E-state index contributed by atoms with van der Waals surface area (Å²) in [6, 6.07) is 12.2. The summed E-state index contributed by atoms with van der Waals surface area (Å²) in [5.74, 6) is -1.16. The van der Waals surface area contributed by atoms with Gasteiger partial charge < -0.3 is 16.4 Å². The Balaban J connectivity index is 1.68. The molecule has 4 rings (SSSR count). The fraction of sp³-hybridized carbons (Fsp3) is 0.227. The monoisotopic (exact) mass is 439 g/mol. The summed E-state index contributed by atoms with van der Waals surface area (Å²) in [4.78, 5) is 39.7.